The van der Waals surface area contributed by atoms with Crippen LogP contribution in [0.1, 0.15) is 110 Å². The summed E-state index contributed by atoms with van der Waals surface area (Å²) >= 11 is 0. The van der Waals surface area contributed by atoms with Crippen molar-refractivity contribution < 1.29 is 67.7 Å². The molecule has 0 spiro atoms. The molecule has 0 fully saturated rings. The van der Waals surface area contributed by atoms with Crippen LogP contribution in [0.5, 0.6) is 5.75 Å². The molecule has 0 aliphatic rings. The van der Waals surface area contributed by atoms with Crippen molar-refractivity contribution in [1.29, 1.82) is 0 Å². The molecule has 1 aromatic heterocycles. The fourth-order valence-corrected chi connectivity index (χ4v) is 8.91. The summed E-state index contributed by atoms with van der Waals surface area (Å²) in [4.78, 5) is 180. The van der Waals surface area contributed by atoms with Gasteiger partial charge in [-0.25, -0.2) is 9.78 Å². The highest BCUT2D eigenvalue weighted by molar-refractivity contribution is 5.99. The predicted octanol–water partition coefficient (Wildman–Crippen LogP) is -7.30. The molecular formula is C56H93N23O14. The minimum Gasteiger partial charge on any atom is -0.508 e. The zero-order chi connectivity index (χ0) is 69.9. The Morgan fingerprint density at radius 1 is 0.495 bits per heavy atom. The van der Waals surface area contributed by atoms with E-state index in [1.54, 1.807) is 27.7 Å². The smallest absolute Gasteiger partial charge is 0.326 e. The normalized spacial score (nSPS) is 13.8. The molecule has 0 saturated heterocycles. The quantitative estimate of drug-likeness (QED) is 0.0166. The lowest BCUT2D eigenvalue weighted by atomic mass is 9.99. The van der Waals surface area contributed by atoms with Gasteiger partial charge >= 0.3 is 5.97 Å². The van der Waals surface area contributed by atoms with E-state index < -0.39 is 151 Å². The summed E-state index contributed by atoms with van der Waals surface area (Å²) in [6.07, 6.45) is 0.818. The van der Waals surface area contributed by atoms with Crippen LogP contribution in [-0.2, 0) is 70.4 Å². The van der Waals surface area contributed by atoms with Crippen LogP contribution in [0, 0.1) is 11.8 Å². The van der Waals surface area contributed by atoms with E-state index in [1.807, 2.05) is 0 Å². The van der Waals surface area contributed by atoms with Crippen LogP contribution in [0.4, 0.5) is 0 Å². The van der Waals surface area contributed by atoms with Crippen molar-refractivity contribution in [2.24, 2.45) is 78.4 Å². The van der Waals surface area contributed by atoms with Crippen molar-refractivity contribution >= 4 is 88.8 Å². The van der Waals surface area contributed by atoms with Crippen molar-refractivity contribution in [3.63, 3.8) is 0 Å². The number of nitrogens with one attached hydrogen (secondary N) is 10. The number of hydrogen-bond acceptors (Lipinski definition) is 18. The number of aliphatic carboxylic acids is 1. The number of benzene rings is 1. The largest absolute Gasteiger partial charge is 0.508 e. The minimum atomic E-state index is -1.87. The molecular weight excluding hydrogens is 1220 g/mol. The number of amides is 11. The van der Waals surface area contributed by atoms with Crippen LogP contribution in [-0.4, -0.2) is 190 Å². The minimum absolute atomic E-state index is 0.0119. The van der Waals surface area contributed by atoms with Gasteiger partial charge in [-0.15, -0.1) is 0 Å². The summed E-state index contributed by atoms with van der Waals surface area (Å²) < 4.78 is 0. The van der Waals surface area contributed by atoms with E-state index in [0.29, 0.717) is 12.0 Å². The number of carboxylic acid groups (broad SMARTS) is 1. The Kier molecular flexibility index (Phi) is 34.8. The maximum Gasteiger partial charge on any atom is 0.326 e. The molecule has 2 aromatic rings. The zero-order valence-electron chi connectivity index (χ0n) is 52.6. The molecule has 0 aliphatic carbocycles. The van der Waals surface area contributed by atoms with Crippen LogP contribution in [0.15, 0.2) is 51.8 Å². The first-order chi connectivity index (χ1) is 43.7. The summed E-state index contributed by atoms with van der Waals surface area (Å²) in [5.74, 6) is -13.1. The fourth-order valence-electron chi connectivity index (χ4n) is 8.91. The number of aromatic nitrogens is 2. The lowest BCUT2D eigenvalue weighted by molar-refractivity contribution is -0.142. The topological polar surface area (TPSA) is 654 Å². The predicted molar refractivity (Wildman–Crippen MR) is 339 cm³/mol. The van der Waals surface area contributed by atoms with Crippen molar-refractivity contribution in [3.8, 4) is 5.75 Å². The Labute approximate surface area is 536 Å². The molecule has 0 unspecified atom stereocenters. The second-order valence-corrected chi connectivity index (χ2v) is 22.6. The highest BCUT2D eigenvalue weighted by atomic mass is 16.4. The molecule has 37 heteroatoms. The van der Waals surface area contributed by atoms with Gasteiger partial charge in [0, 0.05) is 50.8 Å². The van der Waals surface area contributed by atoms with Gasteiger partial charge in [-0.05, 0) is 87.3 Å². The van der Waals surface area contributed by atoms with Crippen molar-refractivity contribution in [3.05, 3.63) is 48.0 Å². The molecule has 0 aliphatic heterocycles. The number of rotatable bonds is 44. The summed E-state index contributed by atoms with van der Waals surface area (Å²) in [7, 11) is 0. The third-order valence-electron chi connectivity index (χ3n) is 13.5. The van der Waals surface area contributed by atoms with Gasteiger partial charge in [0.25, 0.3) is 0 Å². The van der Waals surface area contributed by atoms with Crippen molar-refractivity contribution in [1.82, 2.24) is 57.8 Å². The number of phenols is 1. The molecule has 516 valence electrons. The number of guanidine groups is 3. The molecule has 11 amide bonds. The third kappa shape index (κ3) is 32.8. The van der Waals surface area contributed by atoms with Crippen LogP contribution < -0.4 is 99.5 Å². The standard InChI is InChI=1S/C56H93N23O14/c1-28(2)20-37(77-50(89)38(21-29(3)4)76-47(86)35(10-7-19-69-56(64)65)73-45(84)33(57)8-5-17-67-54(60)61)49(88)74-34(9-6-18-68-55(62)63)46(85)70-26-44(83)72-39(23-31-25-66-27-71-31)51(90)78-40(24-43(59)82)52(91)75-36(15-16-42(58)81)48(87)79-41(53(92)93)22-30-11-13-32(80)14-12-30/h11-14,25,27-29,33-41,80H,5-10,15-24,26,57H2,1-4H3,(H2,58,81)(H2,59,82)(H,66,71)(H,70,85)(H,72,83)(H,73,84)(H,74,88)(H,75,91)(H,76,86)(H,77,89)(H,78,90)(H,79,87)(H,92,93)(H4,60,61,67)(H4,62,63,68)(H4,64,65,69)/t33-,34-,35-,36-,37-,38-,39-,40-,41-/m0/s1. The first kappa shape index (κ1) is 78.7. The molecule has 37 nitrogen and oxygen atoms in total. The Hall–Kier alpha value is -10.4. The number of primary amides is 2. The van der Waals surface area contributed by atoms with E-state index in [1.165, 1.54) is 36.8 Å². The van der Waals surface area contributed by atoms with E-state index in [4.69, 9.17) is 51.6 Å². The zero-order valence-corrected chi connectivity index (χ0v) is 52.6. The third-order valence-corrected chi connectivity index (χ3v) is 13.5. The number of aromatic amines is 1. The SMILES string of the molecule is CC(C)C[C@H](NC(=O)[C@H](CC(C)C)NC(=O)[C@H](CCCN=C(N)N)NC(=O)[C@@H](N)CCCN=C(N)N)C(=O)N[C@@H](CCCN=C(N)N)C(=O)NCC(=O)N[C@@H](Cc1cnc[nH]1)C(=O)N[C@@H](CC(N)=O)C(=O)N[C@@H](CCC(N)=O)C(=O)N[C@@H](Cc1ccc(O)cc1)C(=O)O. The summed E-state index contributed by atoms with van der Waals surface area (Å²) in [6, 6.07) is -7.67. The number of aromatic hydroxyl groups is 1. The molecule has 9 atom stereocenters. The fraction of sp³-hybridized carbons (Fsp3) is 0.571. The molecule has 2 rings (SSSR count). The first-order valence-electron chi connectivity index (χ1n) is 29.9. The van der Waals surface area contributed by atoms with E-state index >= 15 is 0 Å². The van der Waals surface area contributed by atoms with Crippen molar-refractivity contribution in [2.75, 3.05) is 26.2 Å². The number of H-pyrrole nitrogens is 1. The number of hydrogen-bond donors (Lipinski definition) is 21. The van der Waals surface area contributed by atoms with Crippen LogP contribution in [0.25, 0.3) is 0 Å². The van der Waals surface area contributed by atoms with Crippen LogP contribution in [0.2, 0.25) is 0 Å². The average Bonchev–Trinajstić information content (AvgIpc) is 1.31. The highest BCUT2D eigenvalue weighted by Crippen LogP contribution is 2.15. The molecule has 1 aromatic carbocycles. The second kappa shape index (κ2) is 41.1. The number of carboxylic acids is 1. The number of aliphatic imine (C=N–C) groups is 3. The monoisotopic (exact) mass is 1310 g/mol. The van der Waals surface area contributed by atoms with Gasteiger partial charge in [-0.1, -0.05) is 39.8 Å². The molecule has 0 radical (unpaired) electrons. The van der Waals surface area contributed by atoms with E-state index in [-0.39, 0.29) is 119 Å². The van der Waals surface area contributed by atoms with Gasteiger partial charge in [-0.3, -0.25) is 67.7 Å². The van der Waals surface area contributed by atoms with Gasteiger partial charge < -0.3 is 115 Å². The van der Waals surface area contributed by atoms with Crippen LogP contribution in [0.3, 0.4) is 0 Å². The van der Waals surface area contributed by atoms with Gasteiger partial charge in [0.05, 0.1) is 25.3 Å². The number of carbonyl (C=O) groups excluding carboxylic acids is 11. The average molecular weight is 1310 g/mol. The van der Waals surface area contributed by atoms with Gasteiger partial charge in [0.1, 0.15) is 54.1 Å². The Morgan fingerprint density at radius 2 is 0.914 bits per heavy atom. The Bertz CT molecular complexity index is 2910. The number of phenolic OH excluding ortho intramolecular Hbond substituents is 1. The summed E-state index contributed by atoms with van der Waals surface area (Å²) in [5.41, 5.74) is 50.4. The number of nitrogens with two attached hydrogens (primary N) is 9. The first-order valence-corrected chi connectivity index (χ1v) is 29.9. The molecule has 1 heterocycles. The Balaban J connectivity index is 2.40. The van der Waals surface area contributed by atoms with Gasteiger partial charge in [0.15, 0.2) is 17.9 Å². The van der Waals surface area contributed by atoms with Crippen LogP contribution >= 0.6 is 0 Å². The molecule has 0 saturated carbocycles. The lowest BCUT2D eigenvalue weighted by Gasteiger charge is -2.28. The highest BCUT2D eigenvalue weighted by Gasteiger charge is 2.35. The van der Waals surface area contributed by atoms with E-state index in [0.717, 1.165) is 0 Å². The van der Waals surface area contributed by atoms with Gasteiger partial charge in [0.2, 0.25) is 65.0 Å². The summed E-state index contributed by atoms with van der Waals surface area (Å²) in [6.45, 7) is 6.53. The van der Waals surface area contributed by atoms with E-state index in [9.17, 15) is 67.7 Å². The molecule has 93 heavy (non-hydrogen) atoms. The number of carbonyl (C=O) groups is 12. The molecule has 30 N–H and O–H groups in total. The number of imidazole rings is 1. The number of nitrogens with zero attached hydrogens (tertiary/aromatic N) is 4. The molecule has 0 bridgehead atoms. The maximum absolute atomic E-state index is 14.3. The maximum atomic E-state index is 14.3. The van der Waals surface area contributed by atoms with Crippen molar-refractivity contribution in [2.45, 2.75) is 166 Å². The second-order valence-electron chi connectivity index (χ2n) is 22.6. The Morgan fingerprint density at radius 3 is 1.37 bits per heavy atom. The van der Waals surface area contributed by atoms with Gasteiger partial charge in [-0.2, -0.15) is 0 Å². The van der Waals surface area contributed by atoms with E-state index in [2.05, 4.69) is 72.8 Å². The summed E-state index contributed by atoms with van der Waals surface area (Å²) in [5, 5.41) is 42.0. The lowest BCUT2D eigenvalue weighted by Crippen LogP contribution is -2.60.